The second kappa shape index (κ2) is 7.41. The number of hydrogen-bond donors (Lipinski definition) is 2. The number of rotatable bonds is 5. The normalized spacial score (nSPS) is 16.0. The minimum Gasteiger partial charge on any atom is -0.385 e. The van der Waals surface area contributed by atoms with E-state index < -0.39 is 10.0 Å². The van der Waals surface area contributed by atoms with Crippen molar-refractivity contribution in [2.45, 2.75) is 17.7 Å². The molecule has 25 heavy (non-hydrogen) atoms. The van der Waals surface area contributed by atoms with Crippen LogP contribution in [0.3, 0.4) is 0 Å². The zero-order valence-electron chi connectivity index (χ0n) is 13.9. The van der Waals surface area contributed by atoms with Crippen molar-refractivity contribution < 1.29 is 12.8 Å². The first-order valence-electron chi connectivity index (χ1n) is 8.29. The Kier molecular flexibility index (Phi) is 5.24. The van der Waals surface area contributed by atoms with Gasteiger partial charge in [0.25, 0.3) is 0 Å². The average Bonchev–Trinajstić information content (AvgIpc) is 2.61. The molecular weight excluding hydrogens is 341 g/mol. The highest BCUT2D eigenvalue weighted by atomic mass is 32.2. The van der Waals surface area contributed by atoms with Crippen molar-refractivity contribution in [2.75, 3.05) is 29.9 Å². The SMILES string of the molecule is NS(=O)(=O)c1ccc(N2CCC(CNc3ccc(F)cc3)CC2)cc1. The smallest absolute Gasteiger partial charge is 0.238 e. The van der Waals surface area contributed by atoms with Gasteiger partial charge in [0.15, 0.2) is 0 Å². The van der Waals surface area contributed by atoms with Gasteiger partial charge in [0.2, 0.25) is 10.0 Å². The third kappa shape index (κ3) is 4.70. The molecule has 3 rings (SSSR count). The van der Waals surface area contributed by atoms with Gasteiger partial charge in [-0.1, -0.05) is 0 Å². The van der Waals surface area contributed by atoms with E-state index in [0.717, 1.165) is 43.9 Å². The highest BCUT2D eigenvalue weighted by molar-refractivity contribution is 7.89. The van der Waals surface area contributed by atoms with Gasteiger partial charge >= 0.3 is 0 Å². The maximum atomic E-state index is 12.9. The lowest BCUT2D eigenvalue weighted by molar-refractivity contribution is 0.423. The number of primary sulfonamides is 1. The Morgan fingerprint density at radius 3 is 2.20 bits per heavy atom. The summed E-state index contributed by atoms with van der Waals surface area (Å²) >= 11 is 0. The van der Waals surface area contributed by atoms with Crippen molar-refractivity contribution in [1.29, 1.82) is 0 Å². The molecule has 134 valence electrons. The number of piperidine rings is 1. The van der Waals surface area contributed by atoms with Crippen LogP contribution in [0.25, 0.3) is 0 Å². The molecule has 0 amide bonds. The zero-order chi connectivity index (χ0) is 17.9. The molecule has 1 heterocycles. The molecular formula is C18H22FN3O2S. The van der Waals surface area contributed by atoms with Gasteiger partial charge in [-0.25, -0.2) is 17.9 Å². The van der Waals surface area contributed by atoms with Crippen molar-refractivity contribution in [3.8, 4) is 0 Å². The molecule has 0 saturated carbocycles. The van der Waals surface area contributed by atoms with Gasteiger partial charge in [-0.05, 0) is 67.3 Å². The van der Waals surface area contributed by atoms with E-state index in [0.29, 0.717) is 5.92 Å². The molecule has 1 fully saturated rings. The molecule has 0 atom stereocenters. The Morgan fingerprint density at radius 1 is 1.04 bits per heavy atom. The zero-order valence-corrected chi connectivity index (χ0v) is 14.7. The van der Waals surface area contributed by atoms with Crippen molar-refractivity contribution in [1.82, 2.24) is 0 Å². The van der Waals surface area contributed by atoms with Crippen LogP contribution < -0.4 is 15.4 Å². The molecule has 2 aromatic carbocycles. The van der Waals surface area contributed by atoms with E-state index in [2.05, 4.69) is 10.2 Å². The minimum absolute atomic E-state index is 0.134. The van der Waals surface area contributed by atoms with Gasteiger partial charge in [0.05, 0.1) is 4.90 Å². The van der Waals surface area contributed by atoms with Gasteiger partial charge < -0.3 is 10.2 Å². The largest absolute Gasteiger partial charge is 0.385 e. The van der Waals surface area contributed by atoms with Crippen LogP contribution in [0.2, 0.25) is 0 Å². The van der Waals surface area contributed by atoms with E-state index >= 15 is 0 Å². The number of benzene rings is 2. The maximum absolute atomic E-state index is 12.9. The third-order valence-electron chi connectivity index (χ3n) is 4.58. The summed E-state index contributed by atoms with van der Waals surface area (Å²) in [6.45, 7) is 2.71. The molecule has 1 saturated heterocycles. The van der Waals surface area contributed by atoms with Crippen LogP contribution in [-0.4, -0.2) is 28.1 Å². The molecule has 0 bridgehead atoms. The topological polar surface area (TPSA) is 75.4 Å². The molecule has 3 N–H and O–H groups in total. The Bertz CT molecular complexity index is 799. The first kappa shape index (κ1) is 17.7. The van der Waals surface area contributed by atoms with Crippen molar-refractivity contribution >= 4 is 21.4 Å². The summed E-state index contributed by atoms with van der Waals surface area (Å²) in [7, 11) is -3.65. The van der Waals surface area contributed by atoms with E-state index in [4.69, 9.17) is 5.14 Å². The molecule has 5 nitrogen and oxygen atoms in total. The molecule has 0 aromatic heterocycles. The molecule has 2 aromatic rings. The Balaban J connectivity index is 1.50. The number of sulfonamides is 1. The summed E-state index contributed by atoms with van der Waals surface area (Å²) in [5.74, 6) is 0.331. The quantitative estimate of drug-likeness (QED) is 0.857. The molecule has 1 aliphatic rings. The lowest BCUT2D eigenvalue weighted by atomic mass is 9.96. The van der Waals surface area contributed by atoms with Crippen LogP contribution in [0.1, 0.15) is 12.8 Å². The maximum Gasteiger partial charge on any atom is 0.238 e. The first-order chi connectivity index (χ1) is 11.9. The summed E-state index contributed by atoms with van der Waals surface area (Å²) in [6, 6.07) is 13.1. The van der Waals surface area contributed by atoms with Crippen LogP contribution in [0.5, 0.6) is 0 Å². The van der Waals surface area contributed by atoms with E-state index in [1.165, 1.54) is 12.1 Å². The fraction of sp³-hybridized carbons (Fsp3) is 0.333. The molecule has 7 heteroatoms. The van der Waals surface area contributed by atoms with Gasteiger partial charge in [-0.15, -0.1) is 0 Å². The van der Waals surface area contributed by atoms with Crippen molar-refractivity contribution in [3.63, 3.8) is 0 Å². The monoisotopic (exact) mass is 363 g/mol. The summed E-state index contributed by atoms with van der Waals surface area (Å²) in [4.78, 5) is 2.39. The number of nitrogens with zero attached hydrogens (tertiary/aromatic N) is 1. The second-order valence-corrected chi connectivity index (χ2v) is 7.92. The van der Waals surface area contributed by atoms with E-state index in [-0.39, 0.29) is 10.7 Å². The predicted molar refractivity (Wildman–Crippen MR) is 97.6 cm³/mol. The predicted octanol–water partition coefficient (Wildman–Crippen LogP) is 2.80. The fourth-order valence-corrected chi connectivity index (χ4v) is 3.59. The number of anilines is 2. The van der Waals surface area contributed by atoms with E-state index in [9.17, 15) is 12.8 Å². The van der Waals surface area contributed by atoms with Crippen LogP contribution in [-0.2, 0) is 10.0 Å². The molecule has 0 unspecified atom stereocenters. The summed E-state index contributed by atoms with van der Waals surface area (Å²) < 4.78 is 35.5. The van der Waals surface area contributed by atoms with Gasteiger partial charge in [0, 0.05) is 31.0 Å². The van der Waals surface area contributed by atoms with Gasteiger partial charge in [-0.3, -0.25) is 0 Å². The highest BCUT2D eigenvalue weighted by Crippen LogP contribution is 2.24. The summed E-state index contributed by atoms with van der Waals surface area (Å²) in [6.07, 6.45) is 2.09. The van der Waals surface area contributed by atoms with Crippen molar-refractivity contribution in [2.24, 2.45) is 11.1 Å². The average molecular weight is 363 g/mol. The Hall–Kier alpha value is -2.12. The highest BCUT2D eigenvalue weighted by Gasteiger charge is 2.19. The number of hydrogen-bond acceptors (Lipinski definition) is 4. The number of halogens is 1. The van der Waals surface area contributed by atoms with E-state index in [1.807, 2.05) is 0 Å². The molecule has 0 aliphatic carbocycles. The summed E-state index contributed by atoms with van der Waals surface area (Å²) in [5.41, 5.74) is 1.94. The van der Waals surface area contributed by atoms with Crippen LogP contribution in [0, 0.1) is 11.7 Å². The van der Waals surface area contributed by atoms with Gasteiger partial charge in [-0.2, -0.15) is 0 Å². The lowest BCUT2D eigenvalue weighted by Gasteiger charge is -2.34. The first-order valence-corrected chi connectivity index (χ1v) is 9.84. The summed E-state index contributed by atoms with van der Waals surface area (Å²) in [5, 5.41) is 8.48. The van der Waals surface area contributed by atoms with E-state index in [1.54, 1.807) is 36.4 Å². The third-order valence-corrected chi connectivity index (χ3v) is 5.51. The standard InChI is InChI=1S/C18H22FN3O2S/c19-15-1-3-16(4-2-15)21-13-14-9-11-22(12-10-14)17-5-7-18(8-6-17)25(20,23)24/h1-8,14,21H,9-13H2,(H2,20,23,24). The molecule has 0 spiro atoms. The molecule has 1 aliphatic heterocycles. The van der Waals surface area contributed by atoms with Crippen LogP contribution in [0.15, 0.2) is 53.4 Å². The Morgan fingerprint density at radius 2 is 1.64 bits per heavy atom. The van der Waals surface area contributed by atoms with Crippen LogP contribution >= 0.6 is 0 Å². The lowest BCUT2D eigenvalue weighted by Crippen LogP contribution is -2.35. The molecule has 0 radical (unpaired) electrons. The Labute approximate surface area is 147 Å². The number of nitrogens with two attached hydrogens (primary N) is 1. The second-order valence-electron chi connectivity index (χ2n) is 6.36. The van der Waals surface area contributed by atoms with Crippen molar-refractivity contribution in [3.05, 3.63) is 54.3 Å². The fourth-order valence-electron chi connectivity index (χ4n) is 3.07. The van der Waals surface area contributed by atoms with Crippen LogP contribution in [0.4, 0.5) is 15.8 Å². The van der Waals surface area contributed by atoms with Gasteiger partial charge in [0.1, 0.15) is 5.82 Å². The number of nitrogens with one attached hydrogen (secondary N) is 1. The minimum atomic E-state index is -3.65.